The van der Waals surface area contributed by atoms with E-state index in [4.69, 9.17) is 5.11 Å². The largest absolute Gasteiger partial charge is 0.480 e. The molecule has 3 rings (SSSR count). The Labute approximate surface area is 140 Å². The van der Waals surface area contributed by atoms with Gasteiger partial charge in [0, 0.05) is 24.7 Å². The van der Waals surface area contributed by atoms with Crippen LogP contribution in [-0.4, -0.2) is 46.1 Å². The van der Waals surface area contributed by atoms with Crippen molar-refractivity contribution in [3.8, 4) is 0 Å². The zero-order valence-corrected chi connectivity index (χ0v) is 13.8. The molecule has 7 nitrogen and oxygen atoms in total. The molecule has 2 fully saturated rings. The standard InChI is InChI=1S/C17H23N3O4/c1-11-2-5-16(20(23)24)15(6-11)18-13-7-14(8-13)19(10-17(21)22)9-12-3-4-12/h2,5-6,12-14,18H,3-4,7-10H2,1H3,(H,21,22). The molecule has 24 heavy (non-hydrogen) atoms. The lowest BCUT2D eigenvalue weighted by molar-refractivity contribution is -0.384. The first-order valence-electron chi connectivity index (χ1n) is 8.40. The molecule has 0 spiro atoms. The van der Waals surface area contributed by atoms with E-state index in [0.717, 1.165) is 24.9 Å². The number of anilines is 1. The van der Waals surface area contributed by atoms with Gasteiger partial charge in [-0.25, -0.2) is 0 Å². The van der Waals surface area contributed by atoms with Crippen LogP contribution in [0.25, 0.3) is 0 Å². The Hall–Kier alpha value is -2.15. The zero-order valence-electron chi connectivity index (χ0n) is 13.8. The minimum atomic E-state index is -0.790. The molecule has 0 atom stereocenters. The Morgan fingerprint density at radius 3 is 2.71 bits per heavy atom. The molecule has 0 aromatic heterocycles. The van der Waals surface area contributed by atoms with Crippen LogP contribution in [0.3, 0.4) is 0 Å². The number of nitro benzene ring substituents is 1. The van der Waals surface area contributed by atoms with Gasteiger partial charge in [-0.05, 0) is 50.2 Å². The van der Waals surface area contributed by atoms with Crippen molar-refractivity contribution >= 4 is 17.3 Å². The summed E-state index contributed by atoms with van der Waals surface area (Å²) < 4.78 is 0. The Bertz CT molecular complexity index is 639. The quantitative estimate of drug-likeness (QED) is 0.561. The van der Waals surface area contributed by atoms with Crippen molar-refractivity contribution in [2.45, 2.75) is 44.7 Å². The van der Waals surface area contributed by atoms with Crippen molar-refractivity contribution in [3.63, 3.8) is 0 Å². The lowest BCUT2D eigenvalue weighted by Gasteiger charge is -2.43. The van der Waals surface area contributed by atoms with E-state index in [1.807, 2.05) is 6.92 Å². The fourth-order valence-corrected chi connectivity index (χ4v) is 3.30. The maximum absolute atomic E-state index is 11.1. The highest BCUT2D eigenvalue weighted by atomic mass is 16.6. The van der Waals surface area contributed by atoms with Crippen LogP contribution in [0.4, 0.5) is 11.4 Å². The minimum absolute atomic E-state index is 0.0818. The van der Waals surface area contributed by atoms with Gasteiger partial charge < -0.3 is 10.4 Å². The summed E-state index contributed by atoms with van der Waals surface area (Å²) in [6.45, 7) is 2.84. The van der Waals surface area contributed by atoms with Gasteiger partial charge in [-0.1, -0.05) is 6.07 Å². The summed E-state index contributed by atoms with van der Waals surface area (Å²) in [6.07, 6.45) is 4.04. The first-order valence-corrected chi connectivity index (χ1v) is 8.40. The number of hydrogen-bond acceptors (Lipinski definition) is 5. The molecule has 0 unspecified atom stereocenters. The van der Waals surface area contributed by atoms with Gasteiger partial charge in [0.2, 0.25) is 0 Å². The number of nitro groups is 1. The van der Waals surface area contributed by atoms with E-state index < -0.39 is 5.97 Å². The van der Waals surface area contributed by atoms with Crippen molar-refractivity contribution in [2.24, 2.45) is 5.92 Å². The predicted octanol–water partition coefficient (Wildman–Crippen LogP) is 2.64. The van der Waals surface area contributed by atoms with Gasteiger partial charge in [0.15, 0.2) is 0 Å². The maximum atomic E-state index is 11.1. The molecule has 2 saturated carbocycles. The number of nitrogens with one attached hydrogen (secondary N) is 1. The van der Waals surface area contributed by atoms with E-state index in [-0.39, 0.29) is 29.2 Å². The van der Waals surface area contributed by atoms with Crippen LogP contribution >= 0.6 is 0 Å². The molecular weight excluding hydrogens is 310 g/mol. The zero-order chi connectivity index (χ0) is 17.3. The number of hydrogen-bond donors (Lipinski definition) is 2. The third-order valence-corrected chi connectivity index (χ3v) is 4.87. The van der Waals surface area contributed by atoms with Crippen LogP contribution in [0, 0.1) is 23.0 Å². The van der Waals surface area contributed by atoms with Gasteiger partial charge >= 0.3 is 5.97 Å². The Morgan fingerprint density at radius 2 is 2.12 bits per heavy atom. The van der Waals surface area contributed by atoms with Crippen LogP contribution in [0.1, 0.15) is 31.2 Å². The van der Waals surface area contributed by atoms with E-state index in [1.54, 1.807) is 12.1 Å². The van der Waals surface area contributed by atoms with E-state index in [1.165, 1.54) is 18.9 Å². The highest BCUT2D eigenvalue weighted by Gasteiger charge is 2.37. The number of nitrogens with zero attached hydrogens (tertiary/aromatic N) is 2. The predicted molar refractivity (Wildman–Crippen MR) is 90.2 cm³/mol. The monoisotopic (exact) mass is 333 g/mol. The van der Waals surface area contributed by atoms with Gasteiger partial charge in [-0.2, -0.15) is 0 Å². The van der Waals surface area contributed by atoms with Crippen molar-refractivity contribution in [3.05, 3.63) is 33.9 Å². The number of carboxylic acids is 1. The van der Waals surface area contributed by atoms with Crippen LogP contribution in [0.15, 0.2) is 18.2 Å². The third kappa shape index (κ3) is 4.03. The van der Waals surface area contributed by atoms with Crippen molar-refractivity contribution in [1.29, 1.82) is 0 Å². The fourth-order valence-electron chi connectivity index (χ4n) is 3.30. The third-order valence-electron chi connectivity index (χ3n) is 4.87. The highest BCUT2D eigenvalue weighted by Crippen LogP contribution is 2.36. The second-order valence-electron chi connectivity index (χ2n) is 7.01. The average molecular weight is 333 g/mol. The molecule has 1 aromatic rings. The highest BCUT2D eigenvalue weighted by molar-refractivity contribution is 5.69. The molecule has 2 N–H and O–H groups in total. The molecule has 0 heterocycles. The second kappa shape index (κ2) is 6.76. The van der Waals surface area contributed by atoms with E-state index in [2.05, 4.69) is 10.2 Å². The molecule has 2 aliphatic rings. The number of carbonyl (C=O) groups is 1. The van der Waals surface area contributed by atoms with Crippen molar-refractivity contribution in [2.75, 3.05) is 18.4 Å². The molecule has 0 aliphatic heterocycles. The number of benzene rings is 1. The summed E-state index contributed by atoms with van der Waals surface area (Å²) in [6, 6.07) is 5.47. The maximum Gasteiger partial charge on any atom is 0.317 e. The summed E-state index contributed by atoms with van der Waals surface area (Å²) in [5.74, 6) is -0.143. The molecule has 0 radical (unpaired) electrons. The molecule has 2 aliphatic carbocycles. The first kappa shape index (κ1) is 16.7. The minimum Gasteiger partial charge on any atom is -0.480 e. The second-order valence-corrected chi connectivity index (χ2v) is 7.01. The molecule has 1 aromatic carbocycles. The molecule has 7 heteroatoms. The normalized spacial score (nSPS) is 22.9. The average Bonchev–Trinajstić information content (AvgIpc) is 3.25. The first-order chi connectivity index (χ1) is 11.4. The summed E-state index contributed by atoms with van der Waals surface area (Å²) in [7, 11) is 0. The van der Waals surface area contributed by atoms with Gasteiger partial charge in [-0.15, -0.1) is 0 Å². The molecule has 130 valence electrons. The Kier molecular flexibility index (Phi) is 4.71. The van der Waals surface area contributed by atoms with Gasteiger partial charge in [0.25, 0.3) is 5.69 Å². The molecule has 0 bridgehead atoms. The molecule has 0 saturated heterocycles. The van der Waals surface area contributed by atoms with Gasteiger partial charge in [-0.3, -0.25) is 19.8 Å². The SMILES string of the molecule is Cc1ccc([N+](=O)[O-])c(NC2CC(N(CC(=O)O)CC3CC3)C2)c1. The van der Waals surface area contributed by atoms with E-state index in [0.29, 0.717) is 11.6 Å². The van der Waals surface area contributed by atoms with Gasteiger partial charge in [0.1, 0.15) is 5.69 Å². The summed E-state index contributed by atoms with van der Waals surface area (Å²) in [4.78, 5) is 23.9. The van der Waals surface area contributed by atoms with Crippen molar-refractivity contribution in [1.82, 2.24) is 4.90 Å². The van der Waals surface area contributed by atoms with Crippen LogP contribution in [0.5, 0.6) is 0 Å². The van der Waals surface area contributed by atoms with Gasteiger partial charge in [0.05, 0.1) is 11.5 Å². The lowest BCUT2D eigenvalue weighted by Crippen LogP contribution is -2.52. The Balaban J connectivity index is 1.58. The number of aryl methyl sites for hydroxylation is 1. The topological polar surface area (TPSA) is 95.7 Å². The van der Waals surface area contributed by atoms with Crippen LogP contribution < -0.4 is 5.32 Å². The van der Waals surface area contributed by atoms with Crippen LogP contribution in [0.2, 0.25) is 0 Å². The van der Waals surface area contributed by atoms with Crippen LogP contribution in [-0.2, 0) is 4.79 Å². The summed E-state index contributed by atoms with van der Waals surface area (Å²) in [5.41, 5.74) is 1.61. The summed E-state index contributed by atoms with van der Waals surface area (Å²) in [5, 5.41) is 23.5. The van der Waals surface area contributed by atoms with E-state index >= 15 is 0 Å². The molecule has 0 amide bonds. The smallest absolute Gasteiger partial charge is 0.317 e. The number of aliphatic carboxylic acids is 1. The lowest BCUT2D eigenvalue weighted by atomic mass is 9.85. The number of carboxylic acid groups (broad SMARTS) is 1. The summed E-state index contributed by atoms with van der Waals surface area (Å²) >= 11 is 0. The van der Waals surface area contributed by atoms with Crippen molar-refractivity contribution < 1.29 is 14.8 Å². The van der Waals surface area contributed by atoms with E-state index in [9.17, 15) is 14.9 Å². The molecular formula is C17H23N3O4. The fraction of sp³-hybridized carbons (Fsp3) is 0.588. The Morgan fingerprint density at radius 1 is 1.42 bits per heavy atom. The number of rotatable bonds is 8.